The number of aryl methyl sites for hydroxylation is 1. The molecule has 2 N–H and O–H groups in total. The number of nitrogens with zero attached hydrogens (tertiary/aromatic N) is 6. The molecule has 0 aliphatic carbocycles. The molecule has 0 saturated carbocycles. The number of benzene rings is 1. The van der Waals surface area contributed by atoms with Gasteiger partial charge < -0.3 is 10.2 Å². The molecule has 0 radical (unpaired) electrons. The number of aromatic nitrogens is 6. The normalized spacial score (nSPS) is 13.6. The van der Waals surface area contributed by atoms with Gasteiger partial charge in [0, 0.05) is 16.8 Å². The Balaban J connectivity index is 1.83. The number of halogens is 5. The van der Waals surface area contributed by atoms with Gasteiger partial charge in [0.2, 0.25) is 0 Å². The van der Waals surface area contributed by atoms with Crippen molar-refractivity contribution in [2.24, 2.45) is 0 Å². The third kappa shape index (κ3) is 5.42. The Kier molecular flexibility index (Phi) is 7.47. The molecule has 0 unspecified atom stereocenters. The lowest BCUT2D eigenvalue weighted by Crippen LogP contribution is -2.37. The van der Waals surface area contributed by atoms with E-state index in [4.69, 9.17) is 23.2 Å². The van der Waals surface area contributed by atoms with Crippen LogP contribution in [0.5, 0.6) is 0 Å². The molecule has 0 aliphatic heterocycles. The predicted octanol–water partition coefficient (Wildman–Crippen LogP) is 3.93. The van der Waals surface area contributed by atoms with Crippen LogP contribution in [0.15, 0.2) is 47.4 Å². The zero-order valence-electron chi connectivity index (χ0n) is 19.5. The van der Waals surface area contributed by atoms with E-state index < -0.39 is 30.6 Å². The van der Waals surface area contributed by atoms with Gasteiger partial charge in [-0.15, -0.1) is 5.10 Å². The molecular weight excluding hydrogens is 536 g/mol. The second-order valence-corrected chi connectivity index (χ2v) is 9.06. The number of hydrogen-bond acceptors (Lipinski definition) is 6. The molecule has 0 aliphatic rings. The summed E-state index contributed by atoms with van der Waals surface area (Å²) in [7, 11) is 0. The minimum absolute atomic E-state index is 0.0371. The van der Waals surface area contributed by atoms with Crippen LogP contribution in [0.25, 0.3) is 16.9 Å². The highest BCUT2D eigenvalue weighted by atomic mass is 35.5. The van der Waals surface area contributed by atoms with Crippen molar-refractivity contribution in [2.45, 2.75) is 45.3 Å². The van der Waals surface area contributed by atoms with E-state index in [0.29, 0.717) is 22.0 Å². The fraction of sp³-hybridized carbons (Fsp3) is 0.304. The fourth-order valence-corrected chi connectivity index (χ4v) is 4.22. The zero-order chi connectivity index (χ0) is 27.1. The first-order chi connectivity index (χ1) is 17.4. The van der Waals surface area contributed by atoms with Crippen LogP contribution in [0.1, 0.15) is 30.4 Å². The highest BCUT2D eigenvalue weighted by Crippen LogP contribution is 2.31. The molecule has 0 fully saturated rings. The maximum atomic E-state index is 13.3. The molecule has 0 saturated heterocycles. The average Bonchev–Trinajstić information content (AvgIpc) is 3.35. The Morgan fingerprint density at radius 3 is 2.35 bits per heavy atom. The number of rotatable bonds is 7. The monoisotopic (exact) mass is 556 g/mol. The summed E-state index contributed by atoms with van der Waals surface area (Å²) < 4.78 is 42.6. The van der Waals surface area contributed by atoms with E-state index in [1.54, 1.807) is 25.3 Å². The number of aliphatic hydroxyl groups excluding tert-OH is 2. The summed E-state index contributed by atoms with van der Waals surface area (Å²) in [6.07, 6.45) is -7.21. The minimum Gasteiger partial charge on any atom is -0.385 e. The summed E-state index contributed by atoms with van der Waals surface area (Å²) in [5.74, 6) is 0.236. The summed E-state index contributed by atoms with van der Waals surface area (Å²) >= 11 is 12.5. The van der Waals surface area contributed by atoms with E-state index in [1.165, 1.54) is 35.9 Å². The summed E-state index contributed by atoms with van der Waals surface area (Å²) in [5.41, 5.74) is 0.515. The van der Waals surface area contributed by atoms with Gasteiger partial charge in [-0.25, -0.2) is 14.5 Å². The van der Waals surface area contributed by atoms with Crippen LogP contribution in [0.4, 0.5) is 13.2 Å². The fourth-order valence-electron chi connectivity index (χ4n) is 3.75. The Labute approximate surface area is 218 Å². The summed E-state index contributed by atoms with van der Waals surface area (Å²) in [5, 5.41) is 24.5. The highest BCUT2D eigenvalue weighted by molar-refractivity contribution is 6.32. The van der Waals surface area contributed by atoms with Crippen molar-refractivity contribution in [3.8, 4) is 16.9 Å². The SMILES string of the molecule is Cc1ncccc1-n1nc(Cn2c(Cl)c(-c3ccc(Cl)cc3)n(C[C@H](O)C(F)(F)F)c2=O)nc1[C@H](C)O. The van der Waals surface area contributed by atoms with Crippen molar-refractivity contribution in [3.05, 3.63) is 80.6 Å². The minimum atomic E-state index is -4.96. The van der Waals surface area contributed by atoms with Gasteiger partial charge in [0.1, 0.15) is 11.3 Å². The molecule has 3 heterocycles. The number of pyridine rings is 1. The zero-order valence-corrected chi connectivity index (χ0v) is 21.0. The first-order valence-corrected chi connectivity index (χ1v) is 11.7. The van der Waals surface area contributed by atoms with Crippen LogP contribution in [0, 0.1) is 6.92 Å². The molecule has 0 amide bonds. The maximum absolute atomic E-state index is 13.3. The Morgan fingerprint density at radius 2 is 1.76 bits per heavy atom. The van der Waals surface area contributed by atoms with Crippen molar-refractivity contribution in [1.82, 2.24) is 28.9 Å². The molecular formula is C23H21Cl2F3N6O3. The summed E-state index contributed by atoms with van der Waals surface area (Å²) in [6, 6.07) is 9.38. The third-order valence-electron chi connectivity index (χ3n) is 5.57. The second-order valence-electron chi connectivity index (χ2n) is 8.26. The quantitative estimate of drug-likeness (QED) is 0.357. The molecule has 0 spiro atoms. The maximum Gasteiger partial charge on any atom is 0.416 e. The van der Waals surface area contributed by atoms with Gasteiger partial charge in [0.05, 0.1) is 30.2 Å². The molecule has 14 heteroatoms. The van der Waals surface area contributed by atoms with E-state index in [1.807, 2.05) is 0 Å². The largest absolute Gasteiger partial charge is 0.416 e. The van der Waals surface area contributed by atoms with Crippen LogP contribution in [-0.4, -0.2) is 51.4 Å². The van der Waals surface area contributed by atoms with Crippen LogP contribution in [0.3, 0.4) is 0 Å². The van der Waals surface area contributed by atoms with Gasteiger partial charge in [-0.05, 0) is 38.1 Å². The van der Waals surface area contributed by atoms with Crippen molar-refractivity contribution in [2.75, 3.05) is 0 Å². The molecule has 37 heavy (non-hydrogen) atoms. The Morgan fingerprint density at radius 1 is 1.08 bits per heavy atom. The van der Waals surface area contributed by atoms with E-state index >= 15 is 0 Å². The Bertz CT molecular complexity index is 1480. The predicted molar refractivity (Wildman–Crippen MR) is 130 cm³/mol. The van der Waals surface area contributed by atoms with Gasteiger partial charge in [0.25, 0.3) is 0 Å². The van der Waals surface area contributed by atoms with Crippen molar-refractivity contribution >= 4 is 23.2 Å². The molecule has 4 aromatic rings. The van der Waals surface area contributed by atoms with Crippen molar-refractivity contribution in [3.63, 3.8) is 0 Å². The van der Waals surface area contributed by atoms with E-state index in [9.17, 15) is 28.2 Å². The van der Waals surface area contributed by atoms with Crippen LogP contribution < -0.4 is 5.69 Å². The topological polar surface area (TPSA) is 111 Å². The molecule has 0 bridgehead atoms. The lowest BCUT2D eigenvalue weighted by atomic mass is 10.1. The van der Waals surface area contributed by atoms with Crippen LogP contribution in [-0.2, 0) is 13.1 Å². The van der Waals surface area contributed by atoms with E-state index in [2.05, 4.69) is 15.1 Å². The first kappa shape index (κ1) is 26.9. The van der Waals surface area contributed by atoms with Gasteiger partial charge in [-0.3, -0.25) is 14.1 Å². The molecule has 196 valence electrons. The van der Waals surface area contributed by atoms with Crippen molar-refractivity contribution in [1.29, 1.82) is 0 Å². The van der Waals surface area contributed by atoms with Crippen LogP contribution >= 0.6 is 23.2 Å². The Hall–Kier alpha value is -3.19. The average molecular weight is 557 g/mol. The first-order valence-electron chi connectivity index (χ1n) is 10.9. The molecule has 1 aromatic carbocycles. The summed E-state index contributed by atoms with van der Waals surface area (Å²) in [4.78, 5) is 21.8. The van der Waals surface area contributed by atoms with Gasteiger partial charge in [-0.2, -0.15) is 13.2 Å². The van der Waals surface area contributed by atoms with Gasteiger partial charge in [-0.1, -0.05) is 35.3 Å². The lowest BCUT2D eigenvalue weighted by Gasteiger charge is -2.16. The highest BCUT2D eigenvalue weighted by Gasteiger charge is 2.39. The van der Waals surface area contributed by atoms with Gasteiger partial charge in [0.15, 0.2) is 17.8 Å². The van der Waals surface area contributed by atoms with Crippen molar-refractivity contribution < 1.29 is 23.4 Å². The standard InChI is InChI=1S/C23H21Cl2F3N6O3/c1-12-16(4-3-9-29-12)34-21(13(2)35)30-18(31-34)11-33-20(25)19(14-5-7-15(24)8-6-14)32(22(33)37)10-17(36)23(26,27)28/h3-9,13,17,35-36H,10-11H2,1-2H3/t13-,17-/m0/s1. The van der Waals surface area contributed by atoms with Crippen LogP contribution in [0.2, 0.25) is 10.2 Å². The van der Waals surface area contributed by atoms with E-state index in [0.717, 1.165) is 9.13 Å². The third-order valence-corrected chi connectivity index (χ3v) is 6.21. The molecule has 3 aromatic heterocycles. The van der Waals surface area contributed by atoms with E-state index in [-0.39, 0.29) is 29.0 Å². The molecule has 2 atom stereocenters. The number of hydrogen-bond donors (Lipinski definition) is 2. The lowest BCUT2D eigenvalue weighted by molar-refractivity contribution is -0.207. The second kappa shape index (κ2) is 10.3. The number of aliphatic hydroxyl groups is 2. The molecule has 9 nitrogen and oxygen atoms in total. The van der Waals surface area contributed by atoms with Gasteiger partial charge >= 0.3 is 11.9 Å². The molecule has 4 rings (SSSR count). The number of alkyl halides is 3. The smallest absolute Gasteiger partial charge is 0.385 e. The number of imidazole rings is 1. The summed E-state index contributed by atoms with van der Waals surface area (Å²) in [6.45, 7) is 1.83.